The number of nitrogens with one attached hydrogen (secondary N) is 1. The maximum Gasteiger partial charge on any atom is 0.154 e. The Hall–Kier alpha value is -2.18. The fourth-order valence-corrected chi connectivity index (χ4v) is 3.79. The van der Waals surface area contributed by atoms with Crippen molar-refractivity contribution >= 4 is 11.0 Å². The van der Waals surface area contributed by atoms with Crippen LogP contribution in [0.25, 0.3) is 22.2 Å². The number of hydrogen-bond acceptors (Lipinski definition) is 4. The average molecular weight is 326 g/mol. The molecule has 3 N–H and O–H groups in total. The molecule has 1 saturated carbocycles. The highest BCUT2D eigenvalue weighted by molar-refractivity contribution is 5.93. The van der Waals surface area contributed by atoms with Crippen molar-refractivity contribution in [1.29, 1.82) is 0 Å². The van der Waals surface area contributed by atoms with Crippen LogP contribution in [0.2, 0.25) is 0 Å². The van der Waals surface area contributed by atoms with Gasteiger partial charge in [0.25, 0.3) is 0 Å². The zero-order chi connectivity index (χ0) is 16.7. The third-order valence-corrected chi connectivity index (χ3v) is 5.23. The summed E-state index contributed by atoms with van der Waals surface area (Å²) in [4.78, 5) is 7.82. The van der Waals surface area contributed by atoms with E-state index in [1.54, 1.807) is 4.68 Å². The quantitative estimate of drug-likeness (QED) is 0.646. The zero-order valence-corrected chi connectivity index (χ0v) is 13.7. The lowest BCUT2D eigenvalue weighted by Gasteiger charge is -2.29. The Morgan fingerprint density at radius 1 is 1.21 bits per heavy atom. The Balaban J connectivity index is 1.64. The maximum atomic E-state index is 9.34. The largest absolute Gasteiger partial charge is 0.368 e. The van der Waals surface area contributed by atoms with Gasteiger partial charge >= 0.3 is 0 Å². The number of hydrogen-bond donors (Lipinski definition) is 3. The molecule has 0 atom stereocenters. The highest BCUT2D eigenvalue weighted by Gasteiger charge is 2.26. The van der Waals surface area contributed by atoms with E-state index in [4.69, 9.17) is 0 Å². The van der Waals surface area contributed by atoms with E-state index in [9.17, 15) is 10.2 Å². The Labute approximate surface area is 140 Å². The summed E-state index contributed by atoms with van der Waals surface area (Å²) < 4.78 is 1.80. The fraction of sp³-hybridized carbons (Fsp3) is 0.444. The summed E-state index contributed by atoms with van der Waals surface area (Å²) in [5.74, 6) is 0.449. The first kappa shape index (κ1) is 15.4. The lowest BCUT2D eigenvalue weighted by molar-refractivity contribution is -0.0937. The second-order valence-corrected chi connectivity index (χ2v) is 6.80. The van der Waals surface area contributed by atoms with Gasteiger partial charge in [-0.25, -0.2) is 4.98 Å². The number of rotatable bonds is 3. The number of aliphatic hydroxyl groups excluding tert-OH is 1. The molecule has 0 radical (unpaired) electrons. The lowest BCUT2D eigenvalue weighted by atomic mass is 9.78. The van der Waals surface area contributed by atoms with Crippen LogP contribution < -0.4 is 0 Å². The number of aromatic nitrogens is 4. The van der Waals surface area contributed by atoms with Gasteiger partial charge in [-0.3, -0.25) is 4.68 Å². The van der Waals surface area contributed by atoms with Crippen LogP contribution in [-0.2, 0) is 7.05 Å². The summed E-state index contributed by atoms with van der Waals surface area (Å²) in [6.07, 6.45) is 10.3. The molecule has 0 aromatic carbocycles. The van der Waals surface area contributed by atoms with Crippen molar-refractivity contribution in [3.05, 3.63) is 36.4 Å². The summed E-state index contributed by atoms with van der Waals surface area (Å²) in [6, 6.07) is 2.22. The maximum absolute atomic E-state index is 9.34. The number of aryl methyl sites for hydroxylation is 1. The molecule has 126 valence electrons. The van der Waals surface area contributed by atoms with Crippen LogP contribution in [-0.4, -0.2) is 36.3 Å². The third-order valence-electron chi connectivity index (χ3n) is 5.23. The second-order valence-electron chi connectivity index (χ2n) is 6.80. The van der Waals surface area contributed by atoms with Crippen LogP contribution in [0.1, 0.15) is 37.2 Å². The van der Waals surface area contributed by atoms with Gasteiger partial charge in [0.15, 0.2) is 6.29 Å². The van der Waals surface area contributed by atoms with Crippen LogP contribution in [0.5, 0.6) is 0 Å². The molecule has 4 rings (SSSR count). The standard InChI is InChI=1S/C18H22N4O2/c1-22-10-14(8-21-22)16-9-20-17-15(16)6-13(7-19-17)11-2-4-12(5-3-11)18(23)24/h6-12,18,23-24H,2-5H2,1H3,(H,19,20). The first-order chi connectivity index (χ1) is 11.6. The molecule has 0 saturated heterocycles. The number of aliphatic hydroxyl groups is 2. The molecule has 1 fully saturated rings. The van der Waals surface area contributed by atoms with Gasteiger partial charge in [0.1, 0.15) is 5.65 Å². The van der Waals surface area contributed by atoms with E-state index in [2.05, 4.69) is 21.1 Å². The van der Waals surface area contributed by atoms with Crippen molar-refractivity contribution in [2.75, 3.05) is 0 Å². The molecule has 1 aliphatic carbocycles. The highest BCUT2D eigenvalue weighted by atomic mass is 16.5. The normalized spacial score (nSPS) is 21.7. The molecule has 0 amide bonds. The Morgan fingerprint density at radius 2 is 2.00 bits per heavy atom. The molecule has 6 heteroatoms. The van der Waals surface area contributed by atoms with Gasteiger partial charge in [-0.1, -0.05) is 0 Å². The van der Waals surface area contributed by atoms with Gasteiger partial charge < -0.3 is 15.2 Å². The average Bonchev–Trinajstić information content (AvgIpc) is 3.20. The molecule has 0 aliphatic heterocycles. The number of pyridine rings is 1. The fourth-order valence-electron chi connectivity index (χ4n) is 3.79. The van der Waals surface area contributed by atoms with E-state index in [0.717, 1.165) is 47.8 Å². The number of fused-ring (bicyclic) bond motifs is 1. The first-order valence-electron chi connectivity index (χ1n) is 8.44. The molecule has 3 aromatic rings. The van der Waals surface area contributed by atoms with E-state index in [1.807, 2.05) is 31.8 Å². The molecule has 0 spiro atoms. The minimum atomic E-state index is -1.19. The van der Waals surface area contributed by atoms with Gasteiger partial charge in [0, 0.05) is 48.1 Å². The molecule has 0 unspecified atom stereocenters. The Morgan fingerprint density at radius 3 is 2.67 bits per heavy atom. The van der Waals surface area contributed by atoms with E-state index < -0.39 is 6.29 Å². The molecule has 3 aromatic heterocycles. The smallest absolute Gasteiger partial charge is 0.154 e. The number of H-pyrrole nitrogens is 1. The molecule has 0 bridgehead atoms. The molecular weight excluding hydrogens is 304 g/mol. The van der Waals surface area contributed by atoms with Crippen LogP contribution in [0.3, 0.4) is 0 Å². The van der Waals surface area contributed by atoms with Gasteiger partial charge in [-0.2, -0.15) is 5.10 Å². The first-order valence-corrected chi connectivity index (χ1v) is 8.44. The SMILES string of the molecule is Cn1cc(-c2c[nH]c3ncc(C4CCC(C(O)O)CC4)cc23)cn1. The van der Waals surface area contributed by atoms with Gasteiger partial charge in [-0.05, 0) is 43.2 Å². The minimum Gasteiger partial charge on any atom is -0.368 e. The van der Waals surface area contributed by atoms with Crippen molar-refractivity contribution in [3.8, 4) is 11.1 Å². The van der Waals surface area contributed by atoms with Crippen molar-refractivity contribution in [1.82, 2.24) is 19.7 Å². The predicted molar refractivity (Wildman–Crippen MR) is 91.2 cm³/mol. The molecule has 3 heterocycles. The van der Waals surface area contributed by atoms with E-state index in [0.29, 0.717) is 5.92 Å². The zero-order valence-electron chi connectivity index (χ0n) is 13.7. The summed E-state index contributed by atoms with van der Waals surface area (Å²) in [5, 5.41) is 24.1. The Bertz CT molecular complexity index is 844. The summed E-state index contributed by atoms with van der Waals surface area (Å²) >= 11 is 0. The van der Waals surface area contributed by atoms with Crippen LogP contribution >= 0.6 is 0 Å². The van der Waals surface area contributed by atoms with Gasteiger partial charge in [0.2, 0.25) is 0 Å². The van der Waals surface area contributed by atoms with E-state index in [1.165, 1.54) is 5.56 Å². The number of nitrogens with zero attached hydrogens (tertiary/aromatic N) is 3. The third kappa shape index (κ3) is 2.72. The second kappa shape index (κ2) is 6.03. The summed E-state index contributed by atoms with van der Waals surface area (Å²) in [5.41, 5.74) is 4.32. The molecular formula is C18H22N4O2. The van der Waals surface area contributed by atoms with Crippen molar-refractivity contribution < 1.29 is 10.2 Å². The van der Waals surface area contributed by atoms with Crippen LogP contribution in [0, 0.1) is 5.92 Å². The molecule has 24 heavy (non-hydrogen) atoms. The topological polar surface area (TPSA) is 87.0 Å². The minimum absolute atomic E-state index is 0.0103. The van der Waals surface area contributed by atoms with Crippen LogP contribution in [0.4, 0.5) is 0 Å². The number of aromatic amines is 1. The van der Waals surface area contributed by atoms with E-state index in [-0.39, 0.29) is 5.92 Å². The van der Waals surface area contributed by atoms with Crippen LogP contribution in [0.15, 0.2) is 30.9 Å². The van der Waals surface area contributed by atoms with Crippen molar-refractivity contribution in [2.45, 2.75) is 37.9 Å². The monoisotopic (exact) mass is 326 g/mol. The van der Waals surface area contributed by atoms with E-state index >= 15 is 0 Å². The van der Waals surface area contributed by atoms with Crippen molar-refractivity contribution in [3.63, 3.8) is 0 Å². The predicted octanol–water partition coefficient (Wildman–Crippen LogP) is 2.55. The Kier molecular flexibility index (Phi) is 3.86. The molecule has 6 nitrogen and oxygen atoms in total. The molecule has 1 aliphatic rings. The van der Waals surface area contributed by atoms with Gasteiger partial charge in [0.05, 0.1) is 6.20 Å². The highest BCUT2D eigenvalue weighted by Crippen LogP contribution is 2.38. The lowest BCUT2D eigenvalue weighted by Crippen LogP contribution is -2.24. The van der Waals surface area contributed by atoms with Gasteiger partial charge in [-0.15, -0.1) is 0 Å². The summed E-state index contributed by atoms with van der Waals surface area (Å²) in [7, 11) is 1.91. The van der Waals surface area contributed by atoms with Crippen molar-refractivity contribution in [2.24, 2.45) is 13.0 Å². The summed E-state index contributed by atoms with van der Waals surface area (Å²) in [6.45, 7) is 0.